The zero-order chi connectivity index (χ0) is 23.3. The highest BCUT2D eigenvalue weighted by atomic mass is 19.4. The molecule has 1 aliphatic heterocycles. The summed E-state index contributed by atoms with van der Waals surface area (Å²) < 4.78 is 57.5. The molecule has 2 unspecified atom stereocenters. The summed E-state index contributed by atoms with van der Waals surface area (Å²) in [4.78, 5) is 25.7. The van der Waals surface area contributed by atoms with Gasteiger partial charge in [0, 0.05) is 11.8 Å². The molecular formula is C22H28F3NO5. The predicted octanol–water partition coefficient (Wildman–Crippen LogP) is 5.28. The van der Waals surface area contributed by atoms with E-state index in [-0.39, 0.29) is 25.5 Å². The Morgan fingerprint density at radius 3 is 2.29 bits per heavy atom. The highest BCUT2D eigenvalue weighted by Crippen LogP contribution is 2.44. The van der Waals surface area contributed by atoms with Gasteiger partial charge < -0.3 is 19.1 Å². The van der Waals surface area contributed by atoms with Crippen molar-refractivity contribution in [1.82, 2.24) is 4.90 Å². The van der Waals surface area contributed by atoms with Gasteiger partial charge in [-0.1, -0.05) is 32.9 Å². The second-order valence-electron chi connectivity index (χ2n) is 7.79. The largest absolute Gasteiger partial charge is 0.513 e. The van der Waals surface area contributed by atoms with Crippen LogP contribution in [0.2, 0.25) is 0 Å². The van der Waals surface area contributed by atoms with Crippen LogP contribution in [0.3, 0.4) is 0 Å². The smallest absolute Gasteiger partial charge is 0.497 e. The van der Waals surface area contributed by atoms with E-state index in [2.05, 4.69) is 0 Å². The molecule has 1 heterocycles. The zero-order valence-electron chi connectivity index (χ0n) is 18.3. The Labute approximate surface area is 179 Å². The van der Waals surface area contributed by atoms with E-state index in [9.17, 15) is 22.8 Å². The van der Waals surface area contributed by atoms with Crippen molar-refractivity contribution in [3.8, 4) is 5.75 Å². The minimum atomic E-state index is -4.92. The number of allylic oxidation sites excluding steroid dienone is 2. The fraction of sp³-hybridized carbons (Fsp3) is 0.545. The van der Waals surface area contributed by atoms with Crippen LogP contribution in [0.25, 0.3) is 0 Å². The van der Waals surface area contributed by atoms with Crippen LogP contribution >= 0.6 is 0 Å². The van der Waals surface area contributed by atoms with Gasteiger partial charge in [-0.15, -0.1) is 0 Å². The summed E-state index contributed by atoms with van der Waals surface area (Å²) >= 11 is 0. The quantitative estimate of drug-likeness (QED) is 0.537. The molecule has 172 valence electrons. The molecule has 0 saturated heterocycles. The summed E-state index contributed by atoms with van der Waals surface area (Å²) in [5.41, 5.74) is -0.786. The van der Waals surface area contributed by atoms with E-state index >= 15 is 0 Å². The van der Waals surface area contributed by atoms with E-state index < -0.39 is 41.5 Å². The number of benzene rings is 1. The first-order valence-corrected chi connectivity index (χ1v) is 10.1. The molecule has 0 aromatic heterocycles. The van der Waals surface area contributed by atoms with Crippen molar-refractivity contribution < 1.29 is 37.0 Å². The zero-order valence-corrected chi connectivity index (χ0v) is 18.3. The Hall–Kier alpha value is -2.71. The molecular weight excluding hydrogens is 415 g/mol. The molecule has 0 N–H and O–H groups in total. The van der Waals surface area contributed by atoms with Gasteiger partial charge in [-0.3, -0.25) is 4.79 Å². The summed E-state index contributed by atoms with van der Waals surface area (Å²) in [7, 11) is 1.48. The standard InChI is InChI=1S/C22H28F3NO5/c1-6-30-21(28)31-18-17(11-13(2)3)14(4)20(27)26(19(18)22(23,24)25)12-15-7-9-16(29-5)10-8-15/h7-10,13-14,17H,6,11-12H2,1-5H3. The van der Waals surface area contributed by atoms with Crippen molar-refractivity contribution in [3.63, 3.8) is 0 Å². The molecule has 0 radical (unpaired) electrons. The van der Waals surface area contributed by atoms with Crippen LogP contribution in [0.4, 0.5) is 18.0 Å². The molecule has 6 nitrogen and oxygen atoms in total. The van der Waals surface area contributed by atoms with Crippen LogP contribution in [0.5, 0.6) is 5.75 Å². The van der Waals surface area contributed by atoms with Crippen LogP contribution in [-0.2, 0) is 20.8 Å². The fourth-order valence-electron chi connectivity index (χ4n) is 3.61. The number of carbonyl (C=O) groups excluding carboxylic acids is 2. The number of halogens is 3. The molecule has 1 aromatic rings. The van der Waals surface area contributed by atoms with Gasteiger partial charge in [-0.2, -0.15) is 13.2 Å². The summed E-state index contributed by atoms with van der Waals surface area (Å²) in [6.07, 6.45) is -5.89. The maximum absolute atomic E-state index is 14.2. The van der Waals surface area contributed by atoms with Gasteiger partial charge in [0.05, 0.1) is 20.3 Å². The van der Waals surface area contributed by atoms with Crippen molar-refractivity contribution in [2.24, 2.45) is 17.8 Å². The Morgan fingerprint density at radius 2 is 1.81 bits per heavy atom. The molecule has 31 heavy (non-hydrogen) atoms. The first kappa shape index (κ1) is 24.6. The number of alkyl halides is 3. The fourth-order valence-corrected chi connectivity index (χ4v) is 3.61. The first-order valence-electron chi connectivity index (χ1n) is 10.1. The number of ether oxygens (including phenoxy) is 3. The summed E-state index contributed by atoms with van der Waals surface area (Å²) in [5.74, 6) is -2.44. The van der Waals surface area contributed by atoms with E-state index in [0.717, 1.165) is 0 Å². The molecule has 1 aliphatic rings. The lowest BCUT2D eigenvalue weighted by Crippen LogP contribution is -2.48. The average molecular weight is 443 g/mol. The monoisotopic (exact) mass is 443 g/mol. The van der Waals surface area contributed by atoms with Crippen molar-refractivity contribution >= 4 is 12.1 Å². The number of amides is 1. The Morgan fingerprint density at radius 1 is 1.19 bits per heavy atom. The topological polar surface area (TPSA) is 65.1 Å². The van der Waals surface area contributed by atoms with Gasteiger partial charge in [0.2, 0.25) is 5.91 Å². The van der Waals surface area contributed by atoms with Crippen molar-refractivity contribution in [2.75, 3.05) is 13.7 Å². The number of nitrogens with zero attached hydrogens (tertiary/aromatic N) is 1. The van der Waals surface area contributed by atoms with Gasteiger partial charge >= 0.3 is 12.3 Å². The van der Waals surface area contributed by atoms with Crippen LogP contribution < -0.4 is 4.74 Å². The molecule has 1 amide bonds. The van der Waals surface area contributed by atoms with Gasteiger partial charge in [0.15, 0.2) is 5.70 Å². The number of hydrogen-bond acceptors (Lipinski definition) is 5. The first-order chi connectivity index (χ1) is 14.5. The van der Waals surface area contributed by atoms with Crippen molar-refractivity contribution in [3.05, 3.63) is 41.3 Å². The Bertz CT molecular complexity index is 817. The SMILES string of the molecule is CCOC(=O)OC1=C(C(F)(F)F)N(Cc2ccc(OC)cc2)C(=O)C(C)C1CC(C)C. The summed E-state index contributed by atoms with van der Waals surface area (Å²) in [5, 5.41) is 0. The molecule has 0 saturated carbocycles. The van der Waals surface area contributed by atoms with Gasteiger partial charge in [0.25, 0.3) is 0 Å². The maximum Gasteiger partial charge on any atom is 0.513 e. The maximum atomic E-state index is 14.2. The van der Waals surface area contributed by atoms with Crippen molar-refractivity contribution in [1.29, 1.82) is 0 Å². The van der Waals surface area contributed by atoms with E-state index in [0.29, 0.717) is 16.2 Å². The van der Waals surface area contributed by atoms with Gasteiger partial charge in [0.1, 0.15) is 11.5 Å². The molecule has 2 rings (SSSR count). The molecule has 0 aliphatic carbocycles. The van der Waals surface area contributed by atoms with Crippen LogP contribution in [0.15, 0.2) is 35.7 Å². The lowest BCUT2D eigenvalue weighted by atomic mass is 9.80. The lowest BCUT2D eigenvalue weighted by Gasteiger charge is -2.40. The van der Waals surface area contributed by atoms with Gasteiger partial charge in [-0.25, -0.2) is 4.79 Å². The van der Waals surface area contributed by atoms with Crippen LogP contribution in [0, 0.1) is 17.8 Å². The third-order valence-electron chi connectivity index (χ3n) is 5.05. The highest BCUT2D eigenvalue weighted by Gasteiger charge is 2.51. The highest BCUT2D eigenvalue weighted by molar-refractivity contribution is 5.83. The van der Waals surface area contributed by atoms with Crippen LogP contribution in [0.1, 0.15) is 39.7 Å². The molecule has 2 atom stereocenters. The normalized spacial score (nSPS) is 19.6. The third-order valence-corrected chi connectivity index (χ3v) is 5.05. The predicted molar refractivity (Wildman–Crippen MR) is 107 cm³/mol. The van der Waals surface area contributed by atoms with E-state index in [4.69, 9.17) is 14.2 Å². The Balaban J connectivity index is 2.59. The second kappa shape index (κ2) is 10.1. The number of methoxy groups -OCH3 is 1. The molecule has 0 bridgehead atoms. The number of hydrogen-bond donors (Lipinski definition) is 0. The van der Waals surface area contributed by atoms with Crippen molar-refractivity contribution in [2.45, 2.75) is 46.8 Å². The summed E-state index contributed by atoms with van der Waals surface area (Å²) in [6.45, 7) is 6.36. The minimum absolute atomic E-state index is 0.0244. The number of rotatable bonds is 7. The third kappa shape index (κ3) is 5.92. The van der Waals surface area contributed by atoms with E-state index in [1.807, 2.05) is 13.8 Å². The van der Waals surface area contributed by atoms with Crippen LogP contribution in [-0.4, -0.2) is 36.9 Å². The van der Waals surface area contributed by atoms with E-state index in [1.165, 1.54) is 14.0 Å². The van der Waals surface area contributed by atoms with Gasteiger partial charge in [-0.05, 0) is 37.0 Å². The number of carbonyl (C=O) groups is 2. The average Bonchev–Trinajstić information content (AvgIpc) is 2.68. The molecule has 9 heteroatoms. The Kier molecular flexibility index (Phi) is 7.97. The molecule has 0 spiro atoms. The second-order valence-corrected chi connectivity index (χ2v) is 7.79. The van der Waals surface area contributed by atoms with E-state index in [1.54, 1.807) is 31.2 Å². The minimum Gasteiger partial charge on any atom is -0.497 e. The summed E-state index contributed by atoms with van der Waals surface area (Å²) in [6, 6.07) is 6.36. The molecule has 1 aromatic carbocycles. The lowest BCUT2D eigenvalue weighted by molar-refractivity contribution is -0.154. The molecule has 0 fully saturated rings.